The zero-order valence-corrected chi connectivity index (χ0v) is 16.8. The minimum Gasteiger partial charge on any atom is -0.508 e. The van der Waals surface area contributed by atoms with Gasteiger partial charge in [-0.2, -0.15) is 0 Å². The van der Waals surface area contributed by atoms with Gasteiger partial charge in [-0.15, -0.1) is 0 Å². The lowest BCUT2D eigenvalue weighted by molar-refractivity contribution is -0.131. The van der Waals surface area contributed by atoms with Gasteiger partial charge in [0.05, 0.1) is 18.7 Å². The second kappa shape index (κ2) is 7.67. The summed E-state index contributed by atoms with van der Waals surface area (Å²) >= 11 is 0. The first kappa shape index (κ1) is 19.7. The molecule has 7 heteroatoms. The number of nitrogens with zero attached hydrogens (tertiary/aromatic N) is 1. The number of methoxy groups -OCH3 is 1. The number of benzene rings is 2. The number of carbonyl (C=O) groups excluding carboxylic acids is 1. The topological polar surface area (TPSA) is 94.1 Å². The lowest BCUT2D eigenvalue weighted by atomic mass is 9.82. The van der Waals surface area contributed by atoms with E-state index >= 15 is 0 Å². The molecule has 154 valence electrons. The van der Waals surface area contributed by atoms with Crippen LogP contribution in [0.1, 0.15) is 34.3 Å². The molecule has 29 heavy (non-hydrogen) atoms. The number of hydrazine groups is 1. The number of nitrogens with one attached hydrogen (secondary N) is 2. The van der Waals surface area contributed by atoms with Crippen molar-refractivity contribution in [1.29, 1.82) is 0 Å². The molecule has 4 atom stereocenters. The zero-order valence-electron chi connectivity index (χ0n) is 16.8. The number of fused-ring (bicyclic) bond motifs is 1. The summed E-state index contributed by atoms with van der Waals surface area (Å²) in [5.41, 5.74) is 9.88. The van der Waals surface area contributed by atoms with Crippen LogP contribution in [0, 0.1) is 19.8 Å². The number of aryl methyl sites for hydroxylation is 2. The maximum absolute atomic E-state index is 13.2. The van der Waals surface area contributed by atoms with Gasteiger partial charge in [0.25, 0.3) is 0 Å². The molecule has 0 aliphatic carbocycles. The van der Waals surface area contributed by atoms with E-state index in [-0.39, 0.29) is 35.4 Å². The molecular formula is C22H27N3O4. The molecule has 0 saturated carbocycles. The summed E-state index contributed by atoms with van der Waals surface area (Å²) in [6.07, 6.45) is 0. The van der Waals surface area contributed by atoms with Gasteiger partial charge in [0.1, 0.15) is 17.5 Å². The number of likely N-dealkylation sites (tertiary alicyclic amines) is 1. The normalized spacial score (nSPS) is 26.2. The highest BCUT2D eigenvalue weighted by atomic mass is 16.5. The van der Waals surface area contributed by atoms with Crippen LogP contribution in [0.3, 0.4) is 0 Å². The van der Waals surface area contributed by atoms with Gasteiger partial charge in [0.15, 0.2) is 0 Å². The Morgan fingerprint density at radius 3 is 2.59 bits per heavy atom. The smallest absolute Gasteiger partial charge is 0.242 e. The van der Waals surface area contributed by atoms with Gasteiger partial charge in [0.2, 0.25) is 5.91 Å². The van der Waals surface area contributed by atoms with E-state index in [9.17, 15) is 15.0 Å². The third kappa shape index (κ3) is 3.35. The third-order valence-corrected chi connectivity index (χ3v) is 5.97. The first-order chi connectivity index (χ1) is 13.9. The van der Waals surface area contributed by atoms with E-state index in [0.29, 0.717) is 13.2 Å². The number of phenolic OH excluding ortho intramolecular Hbond substituents is 2. The van der Waals surface area contributed by atoms with Crippen molar-refractivity contribution in [3.63, 3.8) is 0 Å². The predicted molar refractivity (Wildman–Crippen MR) is 108 cm³/mol. The Labute approximate surface area is 170 Å². The molecule has 2 aliphatic rings. The molecule has 0 aromatic heterocycles. The van der Waals surface area contributed by atoms with Crippen molar-refractivity contribution >= 4 is 5.91 Å². The largest absolute Gasteiger partial charge is 0.508 e. The summed E-state index contributed by atoms with van der Waals surface area (Å²) in [6, 6.07) is 10.00. The molecule has 4 rings (SSSR count). The first-order valence-electron chi connectivity index (χ1n) is 9.82. The van der Waals surface area contributed by atoms with Crippen LogP contribution in [0.25, 0.3) is 0 Å². The zero-order chi connectivity index (χ0) is 20.7. The van der Waals surface area contributed by atoms with Crippen LogP contribution < -0.4 is 10.9 Å². The molecule has 2 aromatic carbocycles. The van der Waals surface area contributed by atoms with Crippen molar-refractivity contribution in [1.82, 2.24) is 15.8 Å². The van der Waals surface area contributed by atoms with Gasteiger partial charge in [-0.25, -0.2) is 10.9 Å². The highest BCUT2D eigenvalue weighted by Gasteiger charge is 2.55. The summed E-state index contributed by atoms with van der Waals surface area (Å²) in [5.74, 6) is 0.232. The summed E-state index contributed by atoms with van der Waals surface area (Å²) in [4.78, 5) is 15.0. The molecule has 2 aliphatic heterocycles. The quantitative estimate of drug-likeness (QED) is 0.617. The SMILES string of the molecule is COCCN1C(=O)C2NNC(c3cc(C)cc(C)c3O)C2C1c1cccc(O)c1. The molecule has 1 amide bonds. The fourth-order valence-corrected chi connectivity index (χ4v) is 4.74. The lowest BCUT2D eigenvalue weighted by Gasteiger charge is -2.31. The van der Waals surface area contributed by atoms with Gasteiger partial charge in [-0.05, 0) is 37.1 Å². The first-order valence-corrected chi connectivity index (χ1v) is 9.82. The molecule has 7 nitrogen and oxygen atoms in total. The molecule has 4 unspecified atom stereocenters. The van der Waals surface area contributed by atoms with Gasteiger partial charge in [-0.3, -0.25) is 4.79 Å². The van der Waals surface area contributed by atoms with E-state index in [0.717, 1.165) is 22.3 Å². The van der Waals surface area contributed by atoms with E-state index in [4.69, 9.17) is 4.74 Å². The lowest BCUT2D eigenvalue weighted by Crippen LogP contribution is -2.42. The summed E-state index contributed by atoms with van der Waals surface area (Å²) in [6.45, 7) is 4.75. The second-order valence-corrected chi connectivity index (χ2v) is 7.91. The summed E-state index contributed by atoms with van der Waals surface area (Å²) in [7, 11) is 1.61. The Kier molecular flexibility index (Phi) is 5.21. The Morgan fingerprint density at radius 1 is 1.10 bits per heavy atom. The van der Waals surface area contributed by atoms with E-state index in [1.54, 1.807) is 25.3 Å². The van der Waals surface area contributed by atoms with Crippen molar-refractivity contribution in [2.45, 2.75) is 32.0 Å². The average Bonchev–Trinajstić information content (AvgIpc) is 3.22. The van der Waals surface area contributed by atoms with E-state index in [1.807, 2.05) is 36.9 Å². The van der Waals surface area contributed by atoms with Gasteiger partial charge >= 0.3 is 0 Å². The third-order valence-electron chi connectivity index (χ3n) is 5.97. The highest BCUT2D eigenvalue weighted by Crippen LogP contribution is 2.49. The molecule has 2 aromatic rings. The predicted octanol–water partition coefficient (Wildman–Crippen LogP) is 2.08. The van der Waals surface area contributed by atoms with Crippen LogP contribution in [0.4, 0.5) is 0 Å². The standard InChI is InChI=1S/C22H27N3O4/c1-12-9-13(2)21(27)16(10-12)18-17-19(24-23-18)22(28)25(7-8-29-3)20(17)14-5-4-6-15(26)11-14/h4-6,9-11,17-20,23-24,26-27H,7-8H2,1-3H3. The number of phenols is 2. The van der Waals surface area contributed by atoms with Crippen molar-refractivity contribution in [3.05, 3.63) is 58.7 Å². The van der Waals surface area contributed by atoms with E-state index < -0.39 is 6.04 Å². The van der Waals surface area contributed by atoms with Gasteiger partial charge < -0.3 is 19.8 Å². The fraction of sp³-hybridized carbons (Fsp3) is 0.409. The van der Waals surface area contributed by atoms with Crippen LogP contribution in [-0.2, 0) is 9.53 Å². The van der Waals surface area contributed by atoms with Gasteiger partial charge in [-0.1, -0.05) is 29.8 Å². The van der Waals surface area contributed by atoms with Crippen molar-refractivity contribution in [3.8, 4) is 11.5 Å². The molecular weight excluding hydrogens is 370 g/mol. The van der Waals surface area contributed by atoms with Crippen LogP contribution in [0.2, 0.25) is 0 Å². The monoisotopic (exact) mass is 397 g/mol. The number of carbonyl (C=O) groups is 1. The Balaban J connectivity index is 1.80. The van der Waals surface area contributed by atoms with E-state index in [2.05, 4.69) is 10.9 Å². The number of hydrogen-bond acceptors (Lipinski definition) is 6. The summed E-state index contributed by atoms with van der Waals surface area (Å²) in [5, 5.41) is 20.8. The number of hydrogen-bond donors (Lipinski definition) is 4. The van der Waals surface area contributed by atoms with Crippen LogP contribution >= 0.6 is 0 Å². The van der Waals surface area contributed by atoms with Crippen LogP contribution in [0.5, 0.6) is 11.5 Å². The molecule has 0 radical (unpaired) electrons. The maximum atomic E-state index is 13.2. The number of ether oxygens (including phenoxy) is 1. The van der Waals surface area contributed by atoms with E-state index in [1.165, 1.54) is 0 Å². The number of aromatic hydroxyl groups is 2. The van der Waals surface area contributed by atoms with Crippen LogP contribution in [0.15, 0.2) is 36.4 Å². The van der Waals surface area contributed by atoms with Crippen molar-refractivity contribution in [2.24, 2.45) is 5.92 Å². The maximum Gasteiger partial charge on any atom is 0.242 e. The highest BCUT2D eigenvalue weighted by molar-refractivity contribution is 5.86. The Bertz CT molecular complexity index is 932. The minimum atomic E-state index is -0.426. The van der Waals surface area contributed by atoms with Gasteiger partial charge in [0, 0.05) is 25.1 Å². The Hall–Kier alpha value is -2.61. The summed E-state index contributed by atoms with van der Waals surface area (Å²) < 4.78 is 5.22. The number of amides is 1. The average molecular weight is 397 g/mol. The molecule has 2 saturated heterocycles. The van der Waals surface area contributed by atoms with Crippen molar-refractivity contribution in [2.75, 3.05) is 20.3 Å². The molecule has 0 bridgehead atoms. The fourth-order valence-electron chi connectivity index (χ4n) is 4.74. The minimum absolute atomic E-state index is 0.0146. The molecule has 0 spiro atoms. The molecule has 2 heterocycles. The Morgan fingerprint density at radius 2 is 1.86 bits per heavy atom. The molecule has 2 fully saturated rings. The number of rotatable bonds is 5. The molecule has 4 N–H and O–H groups in total. The van der Waals surface area contributed by atoms with Crippen LogP contribution in [-0.4, -0.2) is 47.3 Å². The van der Waals surface area contributed by atoms with Crippen molar-refractivity contribution < 1.29 is 19.7 Å². The second-order valence-electron chi connectivity index (χ2n) is 7.91.